The number of aromatic nitrogens is 3. The Morgan fingerprint density at radius 2 is 1.89 bits per heavy atom. The first kappa shape index (κ1) is 23.0. The van der Waals surface area contributed by atoms with Crippen LogP contribution in [0.4, 0.5) is 0 Å². The molecular weight excluding hydrogens is 460 g/mol. The molecule has 0 bridgehead atoms. The summed E-state index contributed by atoms with van der Waals surface area (Å²) in [7, 11) is 0. The number of esters is 1. The predicted molar refractivity (Wildman–Crippen MR) is 132 cm³/mol. The fraction of sp³-hybridized carbons (Fsp3) is 0.148. The van der Waals surface area contributed by atoms with Crippen molar-refractivity contribution < 1.29 is 18.7 Å². The summed E-state index contributed by atoms with van der Waals surface area (Å²) in [6.45, 7) is 3.77. The second-order valence-electron chi connectivity index (χ2n) is 8.13. The fourth-order valence-electron chi connectivity index (χ4n) is 3.92. The molecule has 5 aromatic rings. The average molecular weight is 482 g/mol. The highest BCUT2D eigenvalue weighted by atomic mass is 16.5. The minimum atomic E-state index is -0.708. The lowest BCUT2D eigenvalue weighted by atomic mass is 10.1. The highest BCUT2D eigenvalue weighted by molar-refractivity contribution is 5.97. The summed E-state index contributed by atoms with van der Waals surface area (Å²) in [5.74, 6) is -0.734. The van der Waals surface area contributed by atoms with Gasteiger partial charge in [-0.15, -0.1) is 0 Å². The standard InChI is InChI=1S/C27H22N4O5/c1-3-35-27(34)21-15-20-23(28-22-8-4-5-13-30(22)26(20)33)31(16-19-7-6-14-36-19)24(21)29-25(32)18-11-9-17(2)10-12-18/h4-15H,3,16H2,1-2H3. The molecule has 9 heteroatoms. The molecule has 0 saturated carbocycles. The van der Waals surface area contributed by atoms with Crippen molar-refractivity contribution in [1.82, 2.24) is 14.0 Å². The quantitative estimate of drug-likeness (QED) is 0.280. The highest BCUT2D eigenvalue weighted by Crippen LogP contribution is 2.14. The molecule has 0 radical (unpaired) electrons. The second-order valence-corrected chi connectivity index (χ2v) is 8.13. The number of hydrogen-bond acceptors (Lipinski definition) is 6. The SMILES string of the molecule is CCOC(=O)c1cc2c(=O)n3ccccc3nc2n(Cc2ccco2)c1=NC(=O)c1ccc(C)cc1. The van der Waals surface area contributed by atoms with E-state index in [1.54, 1.807) is 72.3 Å². The Morgan fingerprint density at radius 3 is 2.61 bits per heavy atom. The van der Waals surface area contributed by atoms with E-state index in [1.165, 1.54) is 16.7 Å². The van der Waals surface area contributed by atoms with Gasteiger partial charge in [0.25, 0.3) is 11.5 Å². The van der Waals surface area contributed by atoms with Crippen LogP contribution in [0.2, 0.25) is 0 Å². The number of carbonyl (C=O) groups excluding carboxylic acids is 2. The first-order valence-corrected chi connectivity index (χ1v) is 11.4. The molecule has 1 amide bonds. The maximum absolute atomic E-state index is 13.4. The van der Waals surface area contributed by atoms with Crippen molar-refractivity contribution in [1.29, 1.82) is 0 Å². The van der Waals surface area contributed by atoms with Gasteiger partial charge in [0.1, 0.15) is 22.6 Å². The summed E-state index contributed by atoms with van der Waals surface area (Å²) >= 11 is 0. The van der Waals surface area contributed by atoms with Gasteiger partial charge in [-0.05, 0) is 56.3 Å². The van der Waals surface area contributed by atoms with Crippen molar-refractivity contribution in [3.63, 3.8) is 0 Å². The van der Waals surface area contributed by atoms with Crippen LogP contribution in [0.1, 0.15) is 39.0 Å². The van der Waals surface area contributed by atoms with E-state index in [1.807, 2.05) is 6.92 Å². The van der Waals surface area contributed by atoms with Crippen LogP contribution in [-0.2, 0) is 11.3 Å². The number of nitrogens with zero attached hydrogens (tertiary/aromatic N) is 4. The third-order valence-electron chi connectivity index (χ3n) is 5.69. The summed E-state index contributed by atoms with van der Waals surface area (Å²) in [6, 6.07) is 17.0. The van der Waals surface area contributed by atoms with Gasteiger partial charge in [0.2, 0.25) is 0 Å². The summed E-state index contributed by atoms with van der Waals surface area (Å²) in [6.07, 6.45) is 3.11. The number of pyridine rings is 2. The zero-order valence-electron chi connectivity index (χ0n) is 19.7. The zero-order valence-corrected chi connectivity index (χ0v) is 19.7. The highest BCUT2D eigenvalue weighted by Gasteiger charge is 2.21. The number of aryl methyl sites for hydroxylation is 1. The van der Waals surface area contributed by atoms with Gasteiger partial charge in [0, 0.05) is 11.8 Å². The van der Waals surface area contributed by atoms with Crippen LogP contribution in [0.15, 0.2) is 87.3 Å². The largest absolute Gasteiger partial charge is 0.467 e. The third-order valence-corrected chi connectivity index (χ3v) is 5.69. The molecular formula is C27H22N4O5. The van der Waals surface area contributed by atoms with Gasteiger partial charge in [0.05, 0.1) is 24.8 Å². The Balaban J connectivity index is 1.89. The smallest absolute Gasteiger partial charge is 0.341 e. The van der Waals surface area contributed by atoms with Crippen molar-refractivity contribution in [3.8, 4) is 0 Å². The fourth-order valence-corrected chi connectivity index (χ4v) is 3.92. The van der Waals surface area contributed by atoms with Gasteiger partial charge in [-0.2, -0.15) is 4.99 Å². The Bertz CT molecular complexity index is 1730. The molecule has 36 heavy (non-hydrogen) atoms. The predicted octanol–water partition coefficient (Wildman–Crippen LogP) is 3.52. The van der Waals surface area contributed by atoms with E-state index < -0.39 is 11.9 Å². The monoisotopic (exact) mass is 482 g/mol. The first-order chi connectivity index (χ1) is 17.5. The number of hydrogen-bond donors (Lipinski definition) is 0. The molecule has 5 rings (SSSR count). The summed E-state index contributed by atoms with van der Waals surface area (Å²) < 4.78 is 13.7. The van der Waals surface area contributed by atoms with Crippen LogP contribution in [-0.4, -0.2) is 32.4 Å². The first-order valence-electron chi connectivity index (χ1n) is 11.4. The lowest BCUT2D eigenvalue weighted by molar-refractivity contribution is 0.0523. The van der Waals surface area contributed by atoms with E-state index in [0.717, 1.165) is 5.56 Å². The molecule has 0 fully saturated rings. The number of benzene rings is 1. The van der Waals surface area contributed by atoms with E-state index in [0.29, 0.717) is 17.0 Å². The molecule has 0 aliphatic carbocycles. The van der Waals surface area contributed by atoms with Crippen molar-refractivity contribution >= 4 is 28.6 Å². The van der Waals surface area contributed by atoms with Crippen LogP contribution in [0.25, 0.3) is 16.7 Å². The molecule has 1 aromatic carbocycles. The lowest BCUT2D eigenvalue weighted by Crippen LogP contribution is -2.33. The molecule has 4 heterocycles. The Hall–Kier alpha value is -4.79. The maximum atomic E-state index is 13.4. The van der Waals surface area contributed by atoms with Gasteiger partial charge in [-0.25, -0.2) is 9.78 Å². The van der Waals surface area contributed by atoms with E-state index in [2.05, 4.69) is 9.98 Å². The molecule has 180 valence electrons. The Kier molecular flexibility index (Phi) is 6.03. The van der Waals surface area contributed by atoms with Gasteiger partial charge in [-0.1, -0.05) is 23.8 Å². The van der Waals surface area contributed by atoms with Crippen molar-refractivity contribution in [2.24, 2.45) is 4.99 Å². The van der Waals surface area contributed by atoms with Gasteiger partial charge >= 0.3 is 5.97 Å². The van der Waals surface area contributed by atoms with Gasteiger partial charge < -0.3 is 13.7 Å². The Labute approximate surface area is 204 Å². The van der Waals surface area contributed by atoms with Gasteiger partial charge in [-0.3, -0.25) is 14.0 Å². The number of amides is 1. The summed E-state index contributed by atoms with van der Waals surface area (Å²) in [5.41, 5.74) is 1.64. The van der Waals surface area contributed by atoms with Crippen LogP contribution < -0.4 is 11.0 Å². The maximum Gasteiger partial charge on any atom is 0.341 e. The molecule has 0 atom stereocenters. The minimum Gasteiger partial charge on any atom is -0.467 e. The lowest BCUT2D eigenvalue weighted by Gasteiger charge is -2.14. The van der Waals surface area contributed by atoms with E-state index in [4.69, 9.17) is 9.15 Å². The molecule has 0 unspecified atom stereocenters. The van der Waals surface area contributed by atoms with E-state index >= 15 is 0 Å². The summed E-state index contributed by atoms with van der Waals surface area (Å²) in [5, 5.41) is 0.176. The zero-order chi connectivity index (χ0) is 25.2. The average Bonchev–Trinajstić information content (AvgIpc) is 3.39. The van der Waals surface area contributed by atoms with Crippen molar-refractivity contribution in [2.75, 3.05) is 6.61 Å². The van der Waals surface area contributed by atoms with E-state index in [9.17, 15) is 14.4 Å². The molecule has 0 saturated heterocycles. The van der Waals surface area contributed by atoms with Crippen molar-refractivity contribution in [2.45, 2.75) is 20.4 Å². The van der Waals surface area contributed by atoms with Crippen LogP contribution in [0, 0.1) is 6.92 Å². The van der Waals surface area contributed by atoms with E-state index in [-0.39, 0.29) is 40.8 Å². The number of rotatable bonds is 5. The Morgan fingerprint density at radius 1 is 1.08 bits per heavy atom. The molecule has 0 spiro atoms. The van der Waals surface area contributed by atoms with Crippen LogP contribution in [0.3, 0.4) is 0 Å². The molecule has 0 N–H and O–H groups in total. The summed E-state index contributed by atoms with van der Waals surface area (Å²) in [4.78, 5) is 48.6. The second kappa shape index (κ2) is 9.46. The number of fused-ring (bicyclic) bond motifs is 2. The van der Waals surface area contributed by atoms with Crippen LogP contribution in [0.5, 0.6) is 0 Å². The van der Waals surface area contributed by atoms with Gasteiger partial charge in [0.15, 0.2) is 5.49 Å². The molecule has 0 aliphatic rings. The number of carbonyl (C=O) groups is 2. The van der Waals surface area contributed by atoms with Crippen LogP contribution >= 0.6 is 0 Å². The number of furan rings is 1. The molecule has 9 nitrogen and oxygen atoms in total. The normalized spacial score (nSPS) is 11.8. The van der Waals surface area contributed by atoms with Crippen molar-refractivity contribution in [3.05, 3.63) is 111 Å². The molecule has 0 aliphatic heterocycles. The minimum absolute atomic E-state index is 0.0221. The third kappa shape index (κ3) is 4.22. The topological polar surface area (TPSA) is 108 Å². The number of ether oxygens (including phenoxy) is 1. The molecule has 4 aromatic heterocycles.